The fourth-order valence-electron chi connectivity index (χ4n) is 1.72. The molecule has 16 heavy (non-hydrogen) atoms. The fraction of sp³-hybridized carbons (Fsp3) is 0.455. The van der Waals surface area contributed by atoms with E-state index in [-0.39, 0.29) is 17.3 Å². The van der Waals surface area contributed by atoms with Crippen LogP contribution in [0.1, 0.15) is 5.56 Å². The first-order valence-corrected chi connectivity index (χ1v) is 6.96. The van der Waals surface area contributed by atoms with Gasteiger partial charge in [0.1, 0.15) is 5.82 Å². The van der Waals surface area contributed by atoms with E-state index in [1.54, 1.807) is 12.1 Å². The van der Waals surface area contributed by atoms with Crippen molar-refractivity contribution in [3.8, 4) is 0 Å². The van der Waals surface area contributed by atoms with Crippen LogP contribution < -0.4 is 0 Å². The van der Waals surface area contributed by atoms with Crippen molar-refractivity contribution in [1.82, 2.24) is 4.90 Å². The van der Waals surface area contributed by atoms with Crippen molar-refractivity contribution in [3.63, 3.8) is 0 Å². The maximum absolute atomic E-state index is 13.3. The molecule has 0 bridgehead atoms. The highest BCUT2D eigenvalue weighted by Crippen LogP contribution is 2.12. The van der Waals surface area contributed by atoms with Crippen LogP contribution in [0.3, 0.4) is 0 Å². The maximum Gasteiger partial charge on any atom is 0.152 e. The van der Waals surface area contributed by atoms with Crippen molar-refractivity contribution < 1.29 is 12.8 Å². The minimum absolute atomic E-state index is 0.174. The molecule has 0 atom stereocenters. The second-order valence-corrected chi connectivity index (χ2v) is 6.25. The summed E-state index contributed by atoms with van der Waals surface area (Å²) in [5.74, 6) is 0.0668. The number of hydrogen-bond donors (Lipinski definition) is 0. The molecule has 1 heterocycles. The fourth-order valence-corrected chi connectivity index (χ4v) is 3.00. The van der Waals surface area contributed by atoms with Crippen molar-refractivity contribution in [2.24, 2.45) is 0 Å². The molecule has 0 aliphatic carbocycles. The average Bonchev–Trinajstić information content (AvgIpc) is 2.24. The molecule has 3 nitrogen and oxygen atoms in total. The van der Waals surface area contributed by atoms with E-state index in [1.807, 2.05) is 4.90 Å². The first-order chi connectivity index (χ1) is 7.57. The lowest BCUT2D eigenvalue weighted by Gasteiger charge is -2.26. The summed E-state index contributed by atoms with van der Waals surface area (Å²) < 4.78 is 35.7. The lowest BCUT2D eigenvalue weighted by atomic mass is 10.2. The molecular formula is C11H13FNO2S. The van der Waals surface area contributed by atoms with E-state index in [9.17, 15) is 12.8 Å². The molecule has 5 heteroatoms. The van der Waals surface area contributed by atoms with E-state index in [0.717, 1.165) is 0 Å². The summed E-state index contributed by atoms with van der Waals surface area (Å²) in [5, 5.41) is 0. The Hall–Kier alpha value is -0.940. The van der Waals surface area contributed by atoms with E-state index in [1.165, 1.54) is 6.07 Å². The van der Waals surface area contributed by atoms with Crippen molar-refractivity contribution in [2.45, 2.75) is 6.54 Å². The van der Waals surface area contributed by atoms with Crippen LogP contribution in [0.5, 0.6) is 0 Å². The van der Waals surface area contributed by atoms with Gasteiger partial charge >= 0.3 is 0 Å². The van der Waals surface area contributed by atoms with Gasteiger partial charge in [-0.3, -0.25) is 4.90 Å². The highest BCUT2D eigenvalue weighted by Gasteiger charge is 2.21. The molecule has 0 N–H and O–H groups in total. The molecule has 0 unspecified atom stereocenters. The lowest BCUT2D eigenvalue weighted by molar-refractivity contribution is 0.283. The molecule has 0 saturated carbocycles. The Morgan fingerprint density at radius 2 is 2.06 bits per heavy atom. The molecule has 1 saturated heterocycles. The number of benzene rings is 1. The van der Waals surface area contributed by atoms with Gasteiger partial charge in [0.15, 0.2) is 9.84 Å². The van der Waals surface area contributed by atoms with E-state index in [0.29, 0.717) is 25.2 Å². The van der Waals surface area contributed by atoms with Gasteiger partial charge in [0.25, 0.3) is 0 Å². The third-order valence-corrected chi connectivity index (χ3v) is 4.34. The number of hydrogen-bond acceptors (Lipinski definition) is 3. The van der Waals surface area contributed by atoms with Gasteiger partial charge in [0.05, 0.1) is 11.5 Å². The molecule has 87 valence electrons. The summed E-state index contributed by atoms with van der Waals surface area (Å²) in [7, 11) is -2.86. The number of rotatable bonds is 2. The molecule has 1 aliphatic rings. The van der Waals surface area contributed by atoms with Crippen LogP contribution >= 0.6 is 0 Å². The molecule has 2 rings (SSSR count). The largest absolute Gasteiger partial charge is 0.297 e. The Balaban J connectivity index is 2.00. The first kappa shape index (κ1) is 11.5. The molecule has 0 aromatic heterocycles. The third-order valence-electron chi connectivity index (χ3n) is 2.73. The minimum atomic E-state index is -2.86. The second kappa shape index (κ2) is 4.51. The zero-order valence-electron chi connectivity index (χ0n) is 8.82. The molecule has 1 aliphatic heterocycles. The van der Waals surface area contributed by atoms with E-state index in [4.69, 9.17) is 0 Å². The van der Waals surface area contributed by atoms with Gasteiger partial charge in [-0.05, 0) is 12.1 Å². The van der Waals surface area contributed by atoms with Crippen LogP contribution in [0.2, 0.25) is 0 Å². The zero-order chi connectivity index (χ0) is 11.6. The van der Waals surface area contributed by atoms with Gasteiger partial charge < -0.3 is 0 Å². The van der Waals surface area contributed by atoms with Gasteiger partial charge in [-0.15, -0.1) is 0 Å². The zero-order valence-corrected chi connectivity index (χ0v) is 9.63. The Morgan fingerprint density at radius 3 is 2.69 bits per heavy atom. The van der Waals surface area contributed by atoms with Crippen molar-refractivity contribution in [2.75, 3.05) is 24.6 Å². The number of nitrogens with zero attached hydrogens (tertiary/aromatic N) is 1. The van der Waals surface area contributed by atoms with E-state index >= 15 is 0 Å². The topological polar surface area (TPSA) is 37.4 Å². The Morgan fingerprint density at radius 1 is 1.38 bits per heavy atom. The molecule has 1 aromatic carbocycles. The molecule has 1 aromatic rings. The smallest absolute Gasteiger partial charge is 0.152 e. The number of sulfone groups is 1. The summed E-state index contributed by atoms with van der Waals surface area (Å²) in [6.07, 6.45) is 0. The normalized spacial score (nSPS) is 20.8. The Kier molecular flexibility index (Phi) is 3.25. The van der Waals surface area contributed by atoms with Gasteiger partial charge in [0.2, 0.25) is 0 Å². The predicted molar refractivity (Wildman–Crippen MR) is 59.2 cm³/mol. The van der Waals surface area contributed by atoms with Gasteiger partial charge in [-0.25, -0.2) is 12.8 Å². The SMILES string of the molecule is O=S1(=O)CCN(Cc2cc[c]cc2F)CC1. The molecule has 1 radical (unpaired) electrons. The number of halogens is 1. The van der Waals surface area contributed by atoms with Crippen molar-refractivity contribution in [1.29, 1.82) is 0 Å². The standard InChI is InChI=1S/C11H13FNO2S/c12-11-4-2-1-3-10(11)9-13-5-7-16(14,15)8-6-13/h1,3-4H,5-9H2. The van der Waals surface area contributed by atoms with Crippen LogP contribution in [0, 0.1) is 11.9 Å². The van der Waals surface area contributed by atoms with Crippen LogP contribution in [0.15, 0.2) is 18.2 Å². The van der Waals surface area contributed by atoms with Crippen LogP contribution in [0.4, 0.5) is 4.39 Å². The van der Waals surface area contributed by atoms with Gasteiger partial charge in [0, 0.05) is 25.2 Å². The molecule has 1 fully saturated rings. The van der Waals surface area contributed by atoms with Crippen LogP contribution in [0.25, 0.3) is 0 Å². The molecular weight excluding hydrogens is 229 g/mol. The summed E-state index contributed by atoms with van der Waals surface area (Å²) in [4.78, 5) is 1.96. The first-order valence-electron chi connectivity index (χ1n) is 5.14. The van der Waals surface area contributed by atoms with E-state index in [2.05, 4.69) is 6.07 Å². The molecule has 0 amide bonds. The van der Waals surface area contributed by atoms with Crippen molar-refractivity contribution in [3.05, 3.63) is 35.6 Å². The highest BCUT2D eigenvalue weighted by atomic mass is 32.2. The van der Waals surface area contributed by atoms with Crippen molar-refractivity contribution >= 4 is 9.84 Å². The average molecular weight is 242 g/mol. The monoisotopic (exact) mass is 242 g/mol. The van der Waals surface area contributed by atoms with Crippen LogP contribution in [-0.4, -0.2) is 37.9 Å². The predicted octanol–water partition coefficient (Wildman–Crippen LogP) is 0.856. The van der Waals surface area contributed by atoms with Gasteiger partial charge in [-0.2, -0.15) is 0 Å². The highest BCUT2D eigenvalue weighted by molar-refractivity contribution is 7.91. The van der Waals surface area contributed by atoms with Crippen LogP contribution in [-0.2, 0) is 16.4 Å². The van der Waals surface area contributed by atoms with Gasteiger partial charge in [-0.1, -0.05) is 12.1 Å². The quantitative estimate of drug-likeness (QED) is 0.772. The minimum Gasteiger partial charge on any atom is -0.297 e. The van der Waals surface area contributed by atoms with E-state index < -0.39 is 9.84 Å². The Labute approximate surface area is 94.8 Å². The summed E-state index contributed by atoms with van der Waals surface area (Å²) in [6.45, 7) is 1.44. The second-order valence-electron chi connectivity index (χ2n) is 3.95. The summed E-state index contributed by atoms with van der Waals surface area (Å²) >= 11 is 0. The Bertz CT molecular complexity index is 459. The third kappa shape index (κ3) is 2.80. The summed E-state index contributed by atoms with van der Waals surface area (Å²) in [6, 6.07) is 7.31. The maximum atomic E-state index is 13.3. The molecule has 0 spiro atoms. The summed E-state index contributed by atoms with van der Waals surface area (Å²) in [5.41, 5.74) is 0.595. The lowest BCUT2D eigenvalue weighted by Crippen LogP contribution is -2.39.